The molecule has 1 saturated heterocycles. The van der Waals surface area contributed by atoms with Gasteiger partial charge >= 0.3 is 6.03 Å². The topological polar surface area (TPSA) is 55.8 Å². The predicted octanol–water partition coefficient (Wildman–Crippen LogP) is 0.162. The minimum Gasteiger partial charge on any atom is -0.393 e. The lowest BCUT2D eigenvalue weighted by molar-refractivity contribution is 0.0577. The van der Waals surface area contributed by atoms with E-state index in [0.717, 1.165) is 38.8 Å². The molecule has 0 aromatic carbocycles. The maximum Gasteiger partial charge on any atom is 0.332 e. The molecule has 2 aliphatic rings. The number of urea groups is 1. The van der Waals surface area contributed by atoms with E-state index in [1.54, 1.807) is 0 Å². The van der Waals surface area contributed by atoms with Crippen LogP contribution in [-0.4, -0.2) is 53.3 Å². The van der Waals surface area contributed by atoms with Gasteiger partial charge in [0.25, 0.3) is 0 Å². The Hall–Kier alpha value is -0.810. The molecule has 0 bridgehead atoms. The van der Waals surface area contributed by atoms with E-state index in [0.29, 0.717) is 6.04 Å². The number of nitrogens with zero attached hydrogens (tertiary/aromatic N) is 2. The number of hydrazine groups is 1. The number of aliphatic hydroxyl groups excluding tert-OH is 1. The highest BCUT2D eigenvalue weighted by Gasteiger charge is 2.30. The first-order chi connectivity index (χ1) is 7.16. The van der Waals surface area contributed by atoms with Crippen molar-refractivity contribution in [2.24, 2.45) is 0 Å². The molecule has 86 valence electrons. The van der Waals surface area contributed by atoms with E-state index in [1.165, 1.54) is 0 Å². The van der Waals surface area contributed by atoms with Crippen LogP contribution in [0.1, 0.15) is 25.7 Å². The van der Waals surface area contributed by atoms with Crippen LogP contribution in [0.4, 0.5) is 4.79 Å². The first kappa shape index (κ1) is 10.7. The Labute approximate surface area is 90.0 Å². The number of carbonyl (C=O) groups excluding carboxylic acids is 1. The molecule has 2 fully saturated rings. The minimum atomic E-state index is -0.156. The molecule has 1 heterocycles. The van der Waals surface area contributed by atoms with E-state index in [-0.39, 0.29) is 12.1 Å². The van der Waals surface area contributed by atoms with Gasteiger partial charge in [0.15, 0.2) is 0 Å². The standard InChI is InChI=1S/C10H19N3O2/c1-12-6-7-13(10(15)11-12)8-2-4-9(14)5-3-8/h8-9,14H,2-7H2,1H3,(H,11,15). The first-order valence-corrected chi connectivity index (χ1v) is 5.63. The van der Waals surface area contributed by atoms with Gasteiger partial charge in [0.2, 0.25) is 0 Å². The Bertz CT molecular complexity index is 239. The Morgan fingerprint density at radius 1 is 1.27 bits per heavy atom. The molecule has 0 aromatic rings. The third-order valence-corrected chi connectivity index (χ3v) is 3.33. The lowest BCUT2D eigenvalue weighted by Gasteiger charge is -2.40. The van der Waals surface area contributed by atoms with Gasteiger partial charge in [-0.1, -0.05) is 0 Å². The third-order valence-electron chi connectivity index (χ3n) is 3.33. The monoisotopic (exact) mass is 213 g/mol. The molecule has 5 nitrogen and oxygen atoms in total. The van der Waals surface area contributed by atoms with Crippen LogP contribution >= 0.6 is 0 Å². The summed E-state index contributed by atoms with van der Waals surface area (Å²) in [5.74, 6) is 0. The van der Waals surface area contributed by atoms with Crippen LogP contribution in [0.15, 0.2) is 0 Å². The van der Waals surface area contributed by atoms with E-state index in [1.807, 2.05) is 17.0 Å². The molecule has 1 aliphatic heterocycles. The summed E-state index contributed by atoms with van der Waals surface area (Å²) in [5, 5.41) is 11.2. The van der Waals surface area contributed by atoms with E-state index in [9.17, 15) is 9.90 Å². The first-order valence-electron chi connectivity index (χ1n) is 5.63. The van der Waals surface area contributed by atoms with Crippen LogP contribution < -0.4 is 5.43 Å². The second-order valence-electron chi connectivity index (χ2n) is 4.49. The average molecular weight is 213 g/mol. The second kappa shape index (κ2) is 4.37. The van der Waals surface area contributed by atoms with Crippen molar-refractivity contribution in [1.29, 1.82) is 0 Å². The number of rotatable bonds is 1. The van der Waals surface area contributed by atoms with Crippen molar-refractivity contribution >= 4 is 6.03 Å². The number of carbonyl (C=O) groups is 1. The SMILES string of the molecule is CN1CCN(C2CCC(O)CC2)C(=O)N1. The summed E-state index contributed by atoms with van der Waals surface area (Å²) in [6, 6.07) is 0.326. The van der Waals surface area contributed by atoms with Crippen molar-refractivity contribution < 1.29 is 9.90 Å². The van der Waals surface area contributed by atoms with Gasteiger partial charge in [-0.15, -0.1) is 0 Å². The van der Waals surface area contributed by atoms with Crippen LogP contribution in [0.5, 0.6) is 0 Å². The zero-order valence-corrected chi connectivity index (χ0v) is 9.15. The fourth-order valence-electron chi connectivity index (χ4n) is 2.36. The fraction of sp³-hybridized carbons (Fsp3) is 0.900. The molecule has 5 heteroatoms. The highest BCUT2D eigenvalue weighted by molar-refractivity contribution is 5.74. The van der Waals surface area contributed by atoms with Gasteiger partial charge in [0.05, 0.1) is 6.10 Å². The van der Waals surface area contributed by atoms with E-state index in [2.05, 4.69) is 5.43 Å². The number of hydrogen-bond donors (Lipinski definition) is 2. The summed E-state index contributed by atoms with van der Waals surface area (Å²) in [5.41, 5.74) is 2.80. The fourth-order valence-corrected chi connectivity index (χ4v) is 2.36. The Morgan fingerprint density at radius 3 is 2.53 bits per heavy atom. The van der Waals surface area contributed by atoms with Crippen LogP contribution in [0.25, 0.3) is 0 Å². The van der Waals surface area contributed by atoms with Crippen molar-refractivity contribution in [2.45, 2.75) is 37.8 Å². The highest BCUT2D eigenvalue weighted by Crippen LogP contribution is 2.23. The van der Waals surface area contributed by atoms with Crippen molar-refractivity contribution in [1.82, 2.24) is 15.3 Å². The maximum absolute atomic E-state index is 11.7. The summed E-state index contributed by atoms with van der Waals surface area (Å²) in [6.45, 7) is 1.66. The molecule has 0 unspecified atom stereocenters. The van der Waals surface area contributed by atoms with Gasteiger partial charge in [-0.05, 0) is 25.7 Å². The summed E-state index contributed by atoms with van der Waals surface area (Å²) < 4.78 is 0. The smallest absolute Gasteiger partial charge is 0.332 e. The molecule has 0 aromatic heterocycles. The summed E-state index contributed by atoms with van der Waals surface area (Å²) in [6.07, 6.45) is 3.35. The molecular formula is C10H19N3O2. The summed E-state index contributed by atoms with van der Waals surface area (Å²) in [4.78, 5) is 13.6. The lowest BCUT2D eigenvalue weighted by atomic mass is 9.92. The molecular weight excluding hydrogens is 194 g/mol. The molecule has 1 aliphatic carbocycles. The molecule has 0 atom stereocenters. The van der Waals surface area contributed by atoms with Crippen molar-refractivity contribution in [2.75, 3.05) is 20.1 Å². The lowest BCUT2D eigenvalue weighted by Crippen LogP contribution is -2.59. The van der Waals surface area contributed by atoms with Crippen molar-refractivity contribution in [3.8, 4) is 0 Å². The number of aliphatic hydroxyl groups is 1. The number of amides is 2. The van der Waals surface area contributed by atoms with E-state index >= 15 is 0 Å². The quantitative estimate of drug-likeness (QED) is 0.652. The average Bonchev–Trinajstić information content (AvgIpc) is 2.20. The predicted molar refractivity (Wildman–Crippen MR) is 56.1 cm³/mol. The van der Waals surface area contributed by atoms with E-state index in [4.69, 9.17) is 0 Å². The highest BCUT2D eigenvalue weighted by atomic mass is 16.3. The van der Waals surface area contributed by atoms with Gasteiger partial charge in [0.1, 0.15) is 0 Å². The van der Waals surface area contributed by atoms with E-state index < -0.39 is 0 Å². The van der Waals surface area contributed by atoms with Gasteiger partial charge in [-0.2, -0.15) is 0 Å². The van der Waals surface area contributed by atoms with Crippen LogP contribution in [-0.2, 0) is 0 Å². The number of nitrogens with one attached hydrogen (secondary N) is 1. The van der Waals surface area contributed by atoms with Gasteiger partial charge < -0.3 is 10.0 Å². The zero-order valence-electron chi connectivity index (χ0n) is 9.15. The second-order valence-corrected chi connectivity index (χ2v) is 4.49. The normalized spacial score (nSPS) is 34.0. The van der Waals surface area contributed by atoms with Crippen LogP contribution in [0, 0.1) is 0 Å². The summed E-state index contributed by atoms with van der Waals surface area (Å²) in [7, 11) is 1.87. The number of likely N-dealkylation sites (N-methyl/N-ethyl adjacent to an activating group) is 1. The van der Waals surface area contributed by atoms with Gasteiger partial charge in [0, 0.05) is 26.2 Å². The number of hydrogen-bond acceptors (Lipinski definition) is 3. The van der Waals surface area contributed by atoms with Crippen LogP contribution in [0.2, 0.25) is 0 Å². The molecule has 2 N–H and O–H groups in total. The Kier molecular flexibility index (Phi) is 3.11. The van der Waals surface area contributed by atoms with Gasteiger partial charge in [-0.25, -0.2) is 9.80 Å². The van der Waals surface area contributed by atoms with Gasteiger partial charge in [-0.3, -0.25) is 5.43 Å². The molecule has 2 rings (SSSR count). The molecule has 1 saturated carbocycles. The molecule has 0 spiro atoms. The Balaban J connectivity index is 1.90. The van der Waals surface area contributed by atoms with Crippen molar-refractivity contribution in [3.05, 3.63) is 0 Å². The van der Waals surface area contributed by atoms with Crippen molar-refractivity contribution in [3.63, 3.8) is 0 Å². The van der Waals surface area contributed by atoms with Crippen LogP contribution in [0.3, 0.4) is 0 Å². The molecule has 0 radical (unpaired) electrons. The third kappa shape index (κ3) is 2.41. The zero-order chi connectivity index (χ0) is 10.8. The minimum absolute atomic E-state index is 0.00476. The molecule has 2 amide bonds. The maximum atomic E-state index is 11.7. The largest absolute Gasteiger partial charge is 0.393 e. The summed E-state index contributed by atoms with van der Waals surface area (Å²) >= 11 is 0. The molecule has 15 heavy (non-hydrogen) atoms. The Morgan fingerprint density at radius 2 is 1.93 bits per heavy atom.